The molecule has 0 bridgehead atoms. The number of aliphatic hydroxyl groups is 1. The van der Waals surface area contributed by atoms with Gasteiger partial charge in [-0.25, -0.2) is 0 Å². The Morgan fingerprint density at radius 3 is 2.93 bits per heavy atom. The van der Waals surface area contributed by atoms with E-state index < -0.39 is 5.97 Å². The van der Waals surface area contributed by atoms with Crippen molar-refractivity contribution in [3.8, 4) is 0 Å². The molecule has 15 heavy (non-hydrogen) atoms. The summed E-state index contributed by atoms with van der Waals surface area (Å²) in [6, 6.07) is 0. The summed E-state index contributed by atoms with van der Waals surface area (Å²) >= 11 is 0. The molecule has 1 aliphatic heterocycles. The Morgan fingerprint density at radius 2 is 2.40 bits per heavy atom. The lowest BCUT2D eigenvalue weighted by molar-refractivity contribution is -0.727. The van der Waals surface area contributed by atoms with Crippen LogP contribution in [0.2, 0.25) is 0 Å². The highest BCUT2D eigenvalue weighted by molar-refractivity contribution is 5.65. The average molecular weight is 219 g/mol. The van der Waals surface area contributed by atoms with Crippen LogP contribution in [0.25, 0.3) is 0 Å². The number of ether oxygens (including phenoxy) is 1. The maximum absolute atomic E-state index is 11.1. The molecule has 1 heterocycles. The van der Waals surface area contributed by atoms with E-state index in [1.807, 2.05) is 0 Å². The third kappa shape index (κ3) is 3.58. The second kappa shape index (κ2) is 5.35. The lowest BCUT2D eigenvalue weighted by Gasteiger charge is -2.32. The van der Waals surface area contributed by atoms with Gasteiger partial charge in [-0.15, -0.1) is 5.01 Å². The smallest absolute Gasteiger partial charge is 0.305 e. The molecule has 0 unspecified atom stereocenters. The van der Waals surface area contributed by atoms with E-state index in [4.69, 9.17) is 5.11 Å². The predicted molar refractivity (Wildman–Crippen MR) is 45.9 cm³/mol. The molecule has 1 aliphatic rings. The monoisotopic (exact) mass is 219 g/mol. The number of esters is 1. The molecule has 8 heteroatoms. The van der Waals surface area contributed by atoms with Gasteiger partial charge in [0.1, 0.15) is 0 Å². The number of hydrazine groups is 1. The molecule has 1 rings (SSSR count). The number of nitrogens with zero attached hydrogens (tertiary/aromatic N) is 3. The topological polar surface area (TPSA) is 97.4 Å². The number of hydrogen-bond donors (Lipinski definition) is 1. The Hall–Kier alpha value is -1.57. The van der Waals surface area contributed by atoms with Crippen LogP contribution in [0.1, 0.15) is 6.92 Å². The Kier molecular flexibility index (Phi) is 4.10. The molecule has 0 aromatic carbocycles. The normalized spacial score (nSPS) is 17.2. The van der Waals surface area contributed by atoms with Crippen LogP contribution in [0.15, 0.2) is 5.28 Å². The van der Waals surface area contributed by atoms with Gasteiger partial charge in [-0.2, -0.15) is 0 Å². The van der Waals surface area contributed by atoms with Gasteiger partial charge in [-0.3, -0.25) is 4.79 Å². The van der Waals surface area contributed by atoms with Crippen molar-refractivity contribution < 1.29 is 24.4 Å². The first-order valence-electron chi connectivity index (χ1n) is 4.42. The van der Waals surface area contributed by atoms with Crippen LogP contribution in [-0.2, 0) is 14.4 Å². The third-order valence-electron chi connectivity index (χ3n) is 1.88. The van der Waals surface area contributed by atoms with E-state index in [1.54, 1.807) is 0 Å². The van der Waals surface area contributed by atoms with E-state index in [0.717, 1.165) is 0 Å². The lowest BCUT2D eigenvalue weighted by Crippen LogP contribution is -2.51. The van der Waals surface area contributed by atoms with Crippen molar-refractivity contribution in [2.24, 2.45) is 11.2 Å². The van der Waals surface area contributed by atoms with Crippen molar-refractivity contribution in [2.75, 3.05) is 26.5 Å². The second-order valence-corrected chi connectivity index (χ2v) is 3.14. The quantitative estimate of drug-likeness (QED) is 0.163. The van der Waals surface area contributed by atoms with Crippen LogP contribution in [0.3, 0.4) is 0 Å². The lowest BCUT2D eigenvalue weighted by atomic mass is 10.0. The largest absolute Gasteiger partial charge is 0.569 e. The maximum atomic E-state index is 11.1. The predicted octanol–water partition coefficient (Wildman–Crippen LogP) is -0.760. The first kappa shape index (κ1) is 11.5. The summed E-state index contributed by atoms with van der Waals surface area (Å²) in [5.41, 5.74) is 0. The van der Waals surface area contributed by atoms with E-state index >= 15 is 0 Å². The van der Waals surface area contributed by atoms with Crippen LogP contribution in [0, 0.1) is 11.1 Å². The number of carbonyl (C=O) groups excluding carboxylic acids is 1. The Balaban J connectivity index is 2.14. The van der Waals surface area contributed by atoms with Crippen molar-refractivity contribution in [2.45, 2.75) is 6.92 Å². The van der Waals surface area contributed by atoms with Gasteiger partial charge in [0.25, 0.3) is 6.79 Å². The molecule has 86 valence electrons. The molecule has 1 N–H and O–H groups in total. The standard InChI is InChI=1S/C7H13N3O5/c1-6(12)14-5-15-8-10(13)9-2-7(3-9)4-11/h7,11H,2-5H2,1H3/b10-8-. The molecular weight excluding hydrogens is 206 g/mol. The number of carbonyl (C=O) groups is 1. The molecule has 0 aromatic heterocycles. The Labute approximate surface area is 86.2 Å². The van der Waals surface area contributed by atoms with Gasteiger partial charge < -0.3 is 19.9 Å². The fourth-order valence-electron chi connectivity index (χ4n) is 1.03. The maximum Gasteiger partial charge on any atom is 0.305 e. The summed E-state index contributed by atoms with van der Waals surface area (Å²) in [6.07, 6.45) is 0. The summed E-state index contributed by atoms with van der Waals surface area (Å²) in [5.74, 6) is -0.392. The molecule has 0 aromatic rings. The molecule has 0 amide bonds. The molecule has 8 nitrogen and oxygen atoms in total. The molecule has 0 aliphatic carbocycles. The van der Waals surface area contributed by atoms with Crippen LogP contribution in [0.5, 0.6) is 0 Å². The first-order valence-corrected chi connectivity index (χ1v) is 4.42. The average Bonchev–Trinajstić information content (AvgIpc) is 2.10. The van der Waals surface area contributed by atoms with E-state index in [2.05, 4.69) is 14.9 Å². The number of aliphatic hydroxyl groups excluding tert-OH is 1. The molecule has 0 spiro atoms. The minimum absolute atomic E-state index is 0.0542. The third-order valence-corrected chi connectivity index (χ3v) is 1.88. The van der Waals surface area contributed by atoms with Crippen molar-refractivity contribution in [1.29, 1.82) is 0 Å². The van der Waals surface area contributed by atoms with E-state index in [0.29, 0.717) is 13.1 Å². The minimum atomic E-state index is -0.507. The summed E-state index contributed by atoms with van der Waals surface area (Å²) in [6.45, 7) is 1.78. The van der Waals surface area contributed by atoms with Gasteiger partial charge in [0.2, 0.25) is 5.28 Å². The van der Waals surface area contributed by atoms with Crippen molar-refractivity contribution in [3.63, 3.8) is 0 Å². The first-order chi connectivity index (χ1) is 7.13. The van der Waals surface area contributed by atoms with Gasteiger partial charge >= 0.3 is 5.97 Å². The highest BCUT2D eigenvalue weighted by Crippen LogP contribution is 2.14. The van der Waals surface area contributed by atoms with E-state index in [9.17, 15) is 10.0 Å². The molecule has 0 saturated carbocycles. The SMILES string of the molecule is CC(=O)OCO/N=[N+](\[O-])N1CC(CO)C1. The van der Waals surface area contributed by atoms with Crippen molar-refractivity contribution in [3.05, 3.63) is 5.21 Å². The second-order valence-electron chi connectivity index (χ2n) is 3.14. The molecule has 1 saturated heterocycles. The zero-order chi connectivity index (χ0) is 11.3. The van der Waals surface area contributed by atoms with Gasteiger partial charge in [0, 0.05) is 19.4 Å². The number of hydrogen-bond acceptors (Lipinski definition) is 6. The fourth-order valence-corrected chi connectivity index (χ4v) is 1.03. The zero-order valence-corrected chi connectivity index (χ0v) is 8.33. The van der Waals surface area contributed by atoms with Gasteiger partial charge in [0.05, 0.1) is 18.1 Å². The summed E-state index contributed by atoms with van der Waals surface area (Å²) in [7, 11) is 0. The van der Waals surface area contributed by atoms with E-state index in [1.165, 1.54) is 11.9 Å². The van der Waals surface area contributed by atoms with E-state index in [-0.39, 0.29) is 24.3 Å². The number of rotatable bonds is 5. The van der Waals surface area contributed by atoms with Crippen molar-refractivity contribution >= 4 is 5.97 Å². The van der Waals surface area contributed by atoms with Gasteiger partial charge in [-0.1, -0.05) is 0 Å². The highest BCUT2D eigenvalue weighted by atomic mass is 16.8. The van der Waals surface area contributed by atoms with Gasteiger partial charge in [-0.05, 0) is 0 Å². The fraction of sp³-hybridized carbons (Fsp3) is 0.857. The minimum Gasteiger partial charge on any atom is -0.569 e. The van der Waals surface area contributed by atoms with Crippen LogP contribution < -0.4 is 0 Å². The summed E-state index contributed by atoms with van der Waals surface area (Å²) in [5, 5.41) is 24.2. The van der Waals surface area contributed by atoms with Crippen LogP contribution in [-0.4, -0.2) is 47.5 Å². The van der Waals surface area contributed by atoms with Crippen molar-refractivity contribution in [1.82, 2.24) is 5.01 Å². The highest BCUT2D eigenvalue weighted by Gasteiger charge is 2.32. The van der Waals surface area contributed by atoms with Gasteiger partial charge in [0.15, 0.2) is 0 Å². The summed E-state index contributed by atoms with van der Waals surface area (Å²) in [4.78, 5) is 15.0. The van der Waals surface area contributed by atoms with Crippen LogP contribution >= 0.6 is 0 Å². The molecule has 1 fully saturated rings. The molecule has 0 radical (unpaired) electrons. The van der Waals surface area contributed by atoms with Crippen LogP contribution in [0.4, 0.5) is 0 Å². The zero-order valence-electron chi connectivity index (χ0n) is 8.33. The summed E-state index contributed by atoms with van der Waals surface area (Å²) < 4.78 is 4.39. The Morgan fingerprint density at radius 1 is 1.73 bits per heavy atom. The molecule has 0 atom stereocenters. The Bertz CT molecular complexity index is 251. The molecular formula is C7H13N3O5.